The summed E-state index contributed by atoms with van der Waals surface area (Å²) in [4.78, 5) is 11.1. The minimum Gasteiger partial charge on any atom is -0.493 e. The topological polar surface area (TPSA) is 47.2 Å². The Labute approximate surface area is 69.5 Å². The molecule has 0 amide bonds. The zero-order valence-corrected chi connectivity index (χ0v) is 7.30. The molecule has 0 spiro atoms. The summed E-state index contributed by atoms with van der Waals surface area (Å²) in [6.45, 7) is 0. The molecule has 5 heteroatoms. The first-order valence-electron chi connectivity index (χ1n) is 3.14. The molecule has 1 N–H and O–H groups in total. The Hall–Kier alpha value is -0.840. The normalized spacial score (nSPS) is 10.5. The highest BCUT2D eigenvalue weighted by atomic mass is 32.1. The van der Waals surface area contributed by atoms with Crippen molar-refractivity contribution in [2.75, 3.05) is 0 Å². The average molecular weight is 174 g/mol. The van der Waals surface area contributed by atoms with Crippen LogP contribution in [0.3, 0.4) is 0 Å². The molecule has 1 rings (SSSR count). The van der Waals surface area contributed by atoms with Gasteiger partial charge in [0.1, 0.15) is 0 Å². The summed E-state index contributed by atoms with van der Waals surface area (Å²) < 4.78 is 2.56. The second kappa shape index (κ2) is 2.65. The van der Waals surface area contributed by atoms with Crippen molar-refractivity contribution in [3.05, 3.63) is 16.2 Å². The summed E-state index contributed by atoms with van der Waals surface area (Å²) in [5, 5.41) is 9.29. The van der Waals surface area contributed by atoms with Gasteiger partial charge in [0.2, 0.25) is 5.88 Å². The van der Waals surface area contributed by atoms with Gasteiger partial charge < -0.3 is 5.11 Å². The average Bonchev–Trinajstić information content (AvgIpc) is 2.17. The van der Waals surface area contributed by atoms with Gasteiger partial charge in [0.05, 0.1) is 5.69 Å². The summed E-state index contributed by atoms with van der Waals surface area (Å²) in [6.07, 6.45) is 0. The van der Waals surface area contributed by atoms with Crippen LogP contribution in [-0.2, 0) is 19.8 Å². The Morgan fingerprint density at radius 1 is 1.45 bits per heavy atom. The summed E-state index contributed by atoms with van der Waals surface area (Å²) in [5.74, 6) is 0.353. The van der Waals surface area contributed by atoms with E-state index in [9.17, 15) is 9.90 Å². The molecule has 62 valence electrons. The van der Waals surface area contributed by atoms with Gasteiger partial charge in [0, 0.05) is 19.8 Å². The fraction of sp³-hybridized carbons (Fsp3) is 0.500. The van der Waals surface area contributed by atoms with Crippen LogP contribution in [0, 0.1) is 0 Å². The van der Waals surface area contributed by atoms with Crippen LogP contribution in [0.4, 0.5) is 0 Å². The first-order chi connectivity index (χ1) is 5.09. The summed E-state index contributed by atoms with van der Waals surface area (Å²) >= 11 is 3.98. The minimum atomic E-state index is -0.230. The fourth-order valence-electron chi connectivity index (χ4n) is 0.951. The first kappa shape index (κ1) is 8.26. The quantitative estimate of drug-likeness (QED) is 0.582. The maximum atomic E-state index is 11.1. The Morgan fingerprint density at radius 3 is 2.18 bits per heavy atom. The molecule has 0 aliphatic heterocycles. The number of aromatic hydroxyl groups is 1. The second-order valence-corrected chi connectivity index (χ2v) is 2.65. The van der Waals surface area contributed by atoms with Crippen LogP contribution in [0.2, 0.25) is 0 Å². The molecule has 0 bridgehead atoms. The van der Waals surface area contributed by atoms with Crippen LogP contribution in [0.25, 0.3) is 0 Å². The Balaban J connectivity index is 3.48. The maximum Gasteiger partial charge on any atom is 0.330 e. The number of imidazole rings is 1. The lowest BCUT2D eigenvalue weighted by Gasteiger charge is -1.94. The molecule has 0 aromatic carbocycles. The van der Waals surface area contributed by atoms with E-state index in [0.717, 1.165) is 0 Å². The van der Waals surface area contributed by atoms with Crippen LogP contribution >= 0.6 is 12.6 Å². The minimum absolute atomic E-state index is 0.00694. The summed E-state index contributed by atoms with van der Waals surface area (Å²) in [7, 11) is 3.12. The second-order valence-electron chi connectivity index (χ2n) is 2.33. The van der Waals surface area contributed by atoms with Crippen LogP contribution in [0.15, 0.2) is 4.79 Å². The summed E-state index contributed by atoms with van der Waals surface area (Å²) in [6, 6.07) is 0. The SMILES string of the molecule is Cn1c(O)c(CS)n(C)c1=O. The lowest BCUT2D eigenvalue weighted by Crippen LogP contribution is -2.20. The standard InChI is InChI=1S/C6H10N2O2S/c1-7-4(3-11)5(9)8(2)6(7)10/h9,11H,3H2,1-2H3. The number of rotatable bonds is 1. The van der Waals surface area contributed by atoms with Gasteiger partial charge in [0.25, 0.3) is 0 Å². The lowest BCUT2D eigenvalue weighted by atomic mass is 10.5. The molecule has 0 saturated carbocycles. The van der Waals surface area contributed by atoms with Gasteiger partial charge in [-0.3, -0.25) is 9.13 Å². The molecule has 1 aromatic heterocycles. The van der Waals surface area contributed by atoms with Crippen LogP contribution in [0.5, 0.6) is 5.88 Å². The van der Waals surface area contributed by atoms with Gasteiger partial charge >= 0.3 is 5.69 Å². The van der Waals surface area contributed by atoms with Crippen LogP contribution in [0.1, 0.15) is 5.69 Å². The van der Waals surface area contributed by atoms with Crippen molar-refractivity contribution in [2.45, 2.75) is 5.75 Å². The van der Waals surface area contributed by atoms with Gasteiger partial charge in [-0.2, -0.15) is 12.6 Å². The highest BCUT2D eigenvalue weighted by Gasteiger charge is 2.11. The molecule has 0 radical (unpaired) electrons. The van der Waals surface area contributed by atoms with Crippen molar-refractivity contribution in [3.63, 3.8) is 0 Å². The molecule has 1 aromatic rings. The lowest BCUT2D eigenvalue weighted by molar-refractivity contribution is 0.425. The number of hydrogen-bond acceptors (Lipinski definition) is 3. The third-order valence-electron chi connectivity index (χ3n) is 1.70. The Bertz CT molecular complexity index is 326. The molecule has 0 saturated heterocycles. The zero-order chi connectivity index (χ0) is 8.59. The monoisotopic (exact) mass is 174 g/mol. The van der Waals surface area contributed by atoms with Gasteiger partial charge in [-0.1, -0.05) is 0 Å². The molecule has 4 nitrogen and oxygen atoms in total. The van der Waals surface area contributed by atoms with E-state index < -0.39 is 0 Å². The van der Waals surface area contributed by atoms with Crippen molar-refractivity contribution in [3.8, 4) is 5.88 Å². The molecule has 11 heavy (non-hydrogen) atoms. The Kier molecular flexibility index (Phi) is 1.99. The van der Waals surface area contributed by atoms with Crippen LogP contribution in [-0.4, -0.2) is 14.2 Å². The predicted octanol–water partition coefficient (Wildman–Crippen LogP) is -0.141. The van der Waals surface area contributed by atoms with Crippen molar-refractivity contribution in [1.82, 2.24) is 9.13 Å². The predicted molar refractivity (Wildman–Crippen MR) is 45.0 cm³/mol. The van der Waals surface area contributed by atoms with Crippen molar-refractivity contribution in [1.29, 1.82) is 0 Å². The van der Waals surface area contributed by atoms with E-state index in [-0.39, 0.29) is 11.6 Å². The highest BCUT2D eigenvalue weighted by Crippen LogP contribution is 2.14. The van der Waals surface area contributed by atoms with Crippen LogP contribution < -0.4 is 5.69 Å². The number of thiol groups is 1. The molecular formula is C6H10N2O2S. The largest absolute Gasteiger partial charge is 0.493 e. The van der Waals surface area contributed by atoms with Crippen molar-refractivity contribution < 1.29 is 5.11 Å². The van der Waals surface area contributed by atoms with E-state index >= 15 is 0 Å². The third kappa shape index (κ3) is 1.05. The van der Waals surface area contributed by atoms with Crippen molar-refractivity contribution in [2.24, 2.45) is 14.1 Å². The smallest absolute Gasteiger partial charge is 0.330 e. The molecule has 0 atom stereocenters. The maximum absolute atomic E-state index is 11.1. The molecule has 0 aliphatic carbocycles. The van der Waals surface area contributed by atoms with E-state index in [0.29, 0.717) is 11.4 Å². The van der Waals surface area contributed by atoms with E-state index in [1.807, 2.05) is 0 Å². The number of hydrogen-bond donors (Lipinski definition) is 2. The fourth-order valence-corrected chi connectivity index (χ4v) is 1.30. The first-order valence-corrected chi connectivity index (χ1v) is 3.77. The van der Waals surface area contributed by atoms with E-state index in [1.165, 1.54) is 16.2 Å². The van der Waals surface area contributed by atoms with Gasteiger partial charge in [-0.25, -0.2) is 4.79 Å². The molecular weight excluding hydrogens is 164 g/mol. The number of nitrogens with zero attached hydrogens (tertiary/aromatic N) is 2. The Morgan fingerprint density at radius 2 is 2.00 bits per heavy atom. The number of aromatic nitrogens is 2. The zero-order valence-electron chi connectivity index (χ0n) is 6.40. The third-order valence-corrected chi connectivity index (χ3v) is 2.00. The molecule has 1 heterocycles. The van der Waals surface area contributed by atoms with Gasteiger partial charge in [0.15, 0.2) is 0 Å². The van der Waals surface area contributed by atoms with E-state index in [1.54, 1.807) is 7.05 Å². The summed E-state index contributed by atoms with van der Waals surface area (Å²) in [5.41, 5.74) is 0.312. The van der Waals surface area contributed by atoms with Gasteiger partial charge in [-0.15, -0.1) is 0 Å². The molecule has 0 fully saturated rings. The van der Waals surface area contributed by atoms with E-state index in [2.05, 4.69) is 12.6 Å². The molecule has 0 unspecified atom stereocenters. The highest BCUT2D eigenvalue weighted by molar-refractivity contribution is 7.79. The van der Waals surface area contributed by atoms with E-state index in [4.69, 9.17) is 0 Å². The van der Waals surface area contributed by atoms with Gasteiger partial charge in [-0.05, 0) is 0 Å². The van der Waals surface area contributed by atoms with Crippen molar-refractivity contribution >= 4 is 12.6 Å². The molecule has 0 aliphatic rings.